The van der Waals surface area contributed by atoms with E-state index in [1.54, 1.807) is 0 Å². The van der Waals surface area contributed by atoms with Crippen molar-refractivity contribution in [1.82, 2.24) is 5.32 Å². The normalized spacial score (nSPS) is 29.0. The minimum Gasteiger partial charge on any atom is -0.317 e. The Morgan fingerprint density at radius 1 is 1.08 bits per heavy atom. The highest BCUT2D eigenvalue weighted by Gasteiger charge is 2.15. The molecule has 74 valence electrons. The Morgan fingerprint density at radius 2 is 1.50 bits per heavy atom. The minimum atomic E-state index is 0.821. The molecule has 0 unspecified atom stereocenters. The molecule has 0 bridgehead atoms. The topological polar surface area (TPSA) is 12.0 Å². The summed E-state index contributed by atoms with van der Waals surface area (Å²) in [5.41, 5.74) is 0. The molecule has 1 heteroatoms. The van der Waals surface area contributed by atoms with E-state index in [2.05, 4.69) is 33.1 Å². The van der Waals surface area contributed by atoms with Crippen LogP contribution in [0.5, 0.6) is 0 Å². The van der Waals surface area contributed by atoms with Gasteiger partial charge in [0.15, 0.2) is 0 Å². The van der Waals surface area contributed by atoms with Gasteiger partial charge in [-0.25, -0.2) is 0 Å². The van der Waals surface area contributed by atoms with Crippen molar-refractivity contribution in [3.05, 3.63) is 0 Å². The van der Waals surface area contributed by atoms with E-state index in [9.17, 15) is 0 Å². The summed E-state index contributed by atoms with van der Waals surface area (Å²) in [6, 6.07) is 0.821. The van der Waals surface area contributed by atoms with Crippen LogP contribution in [-0.4, -0.2) is 13.1 Å². The maximum absolute atomic E-state index is 3.32. The van der Waals surface area contributed by atoms with Crippen LogP contribution in [0, 0.1) is 5.92 Å². The second kappa shape index (κ2) is 7.60. The van der Waals surface area contributed by atoms with Crippen LogP contribution in [0.3, 0.4) is 0 Å². The van der Waals surface area contributed by atoms with E-state index < -0.39 is 0 Å². The lowest BCUT2D eigenvalue weighted by molar-refractivity contribution is 0.319. The van der Waals surface area contributed by atoms with Gasteiger partial charge in [-0.1, -0.05) is 27.2 Å². The average Bonchev–Trinajstić information content (AvgIpc) is 2.07. The summed E-state index contributed by atoms with van der Waals surface area (Å²) in [6.45, 7) is 6.60. The Morgan fingerprint density at radius 3 is 1.83 bits per heavy atom. The molecule has 0 saturated heterocycles. The van der Waals surface area contributed by atoms with Crippen LogP contribution in [-0.2, 0) is 0 Å². The zero-order valence-corrected chi connectivity index (χ0v) is 9.19. The summed E-state index contributed by atoms with van der Waals surface area (Å²) >= 11 is 0. The molecule has 0 spiro atoms. The third-order valence-electron chi connectivity index (χ3n) is 2.42. The Hall–Kier alpha value is -0.0400. The molecule has 12 heavy (non-hydrogen) atoms. The SMILES string of the molecule is CCC.CNC1CCC(C)CC1. The summed E-state index contributed by atoms with van der Waals surface area (Å²) < 4.78 is 0. The largest absolute Gasteiger partial charge is 0.317 e. The minimum absolute atomic E-state index is 0.821. The number of rotatable bonds is 1. The first-order valence-electron chi connectivity index (χ1n) is 5.41. The molecule has 1 fully saturated rings. The van der Waals surface area contributed by atoms with Crippen molar-refractivity contribution in [2.24, 2.45) is 5.92 Å². The average molecular weight is 171 g/mol. The van der Waals surface area contributed by atoms with Gasteiger partial charge in [-0.15, -0.1) is 0 Å². The number of hydrogen-bond donors (Lipinski definition) is 1. The van der Waals surface area contributed by atoms with Crippen molar-refractivity contribution in [3.8, 4) is 0 Å². The van der Waals surface area contributed by atoms with E-state index in [0.29, 0.717) is 0 Å². The van der Waals surface area contributed by atoms with Gasteiger partial charge in [0.2, 0.25) is 0 Å². The molecule has 1 aliphatic carbocycles. The van der Waals surface area contributed by atoms with Crippen molar-refractivity contribution in [1.29, 1.82) is 0 Å². The van der Waals surface area contributed by atoms with Crippen LogP contribution < -0.4 is 5.32 Å². The monoisotopic (exact) mass is 171 g/mol. The van der Waals surface area contributed by atoms with Gasteiger partial charge >= 0.3 is 0 Å². The fraction of sp³-hybridized carbons (Fsp3) is 1.00. The summed E-state index contributed by atoms with van der Waals surface area (Å²) in [7, 11) is 2.07. The zero-order valence-electron chi connectivity index (χ0n) is 9.19. The Balaban J connectivity index is 0.000000354. The smallest absolute Gasteiger partial charge is 0.00642 e. The van der Waals surface area contributed by atoms with Crippen molar-refractivity contribution in [2.45, 2.75) is 58.9 Å². The lowest BCUT2D eigenvalue weighted by Gasteiger charge is -2.25. The zero-order chi connectivity index (χ0) is 9.40. The fourth-order valence-electron chi connectivity index (χ4n) is 1.55. The third-order valence-corrected chi connectivity index (χ3v) is 2.42. The number of nitrogens with one attached hydrogen (secondary N) is 1. The Kier molecular flexibility index (Phi) is 7.58. The van der Waals surface area contributed by atoms with Gasteiger partial charge in [0.05, 0.1) is 0 Å². The van der Waals surface area contributed by atoms with E-state index in [4.69, 9.17) is 0 Å². The van der Waals surface area contributed by atoms with E-state index >= 15 is 0 Å². The summed E-state index contributed by atoms with van der Waals surface area (Å²) in [6.07, 6.45) is 6.87. The Labute approximate surface area is 77.9 Å². The van der Waals surface area contributed by atoms with Crippen LogP contribution >= 0.6 is 0 Å². The molecule has 0 aromatic heterocycles. The molecule has 0 heterocycles. The first-order chi connectivity index (χ1) is 5.74. The molecule has 1 saturated carbocycles. The molecule has 0 atom stereocenters. The lowest BCUT2D eigenvalue weighted by atomic mass is 9.87. The maximum atomic E-state index is 3.32. The van der Waals surface area contributed by atoms with Crippen molar-refractivity contribution >= 4 is 0 Å². The van der Waals surface area contributed by atoms with Crippen LogP contribution in [0.2, 0.25) is 0 Å². The summed E-state index contributed by atoms with van der Waals surface area (Å²) in [4.78, 5) is 0. The van der Waals surface area contributed by atoms with E-state index in [1.807, 2.05) is 0 Å². The van der Waals surface area contributed by atoms with E-state index in [1.165, 1.54) is 32.1 Å². The first-order valence-corrected chi connectivity index (χ1v) is 5.41. The molecule has 1 rings (SSSR count). The predicted octanol–water partition coefficient (Wildman–Crippen LogP) is 3.20. The van der Waals surface area contributed by atoms with Crippen LogP contribution in [0.4, 0.5) is 0 Å². The molecule has 0 aromatic carbocycles. The molecule has 0 radical (unpaired) electrons. The van der Waals surface area contributed by atoms with Crippen LogP contribution in [0.15, 0.2) is 0 Å². The highest BCUT2D eigenvalue weighted by Crippen LogP contribution is 2.22. The molecular weight excluding hydrogens is 146 g/mol. The highest BCUT2D eigenvalue weighted by atomic mass is 14.9. The summed E-state index contributed by atoms with van der Waals surface area (Å²) in [5, 5.41) is 3.32. The van der Waals surface area contributed by atoms with Crippen molar-refractivity contribution in [3.63, 3.8) is 0 Å². The second-order valence-electron chi connectivity index (χ2n) is 3.95. The van der Waals surface area contributed by atoms with Gasteiger partial charge < -0.3 is 5.32 Å². The summed E-state index contributed by atoms with van der Waals surface area (Å²) in [5.74, 6) is 0.981. The molecule has 0 aliphatic heterocycles. The predicted molar refractivity (Wildman–Crippen MR) is 56.4 cm³/mol. The van der Waals surface area contributed by atoms with Gasteiger partial charge in [0.25, 0.3) is 0 Å². The molecule has 1 aliphatic rings. The van der Waals surface area contributed by atoms with Crippen molar-refractivity contribution < 1.29 is 0 Å². The van der Waals surface area contributed by atoms with Gasteiger partial charge in [0, 0.05) is 6.04 Å². The van der Waals surface area contributed by atoms with Crippen LogP contribution in [0.25, 0.3) is 0 Å². The second-order valence-corrected chi connectivity index (χ2v) is 3.95. The Bertz CT molecular complexity index is 83.0. The molecule has 0 amide bonds. The van der Waals surface area contributed by atoms with Crippen LogP contribution in [0.1, 0.15) is 52.9 Å². The first kappa shape index (κ1) is 12.0. The van der Waals surface area contributed by atoms with Gasteiger partial charge in [0.1, 0.15) is 0 Å². The van der Waals surface area contributed by atoms with E-state index in [-0.39, 0.29) is 0 Å². The quantitative estimate of drug-likeness (QED) is 0.639. The van der Waals surface area contributed by atoms with E-state index in [0.717, 1.165) is 12.0 Å². The molecule has 1 nitrogen and oxygen atoms in total. The fourth-order valence-corrected chi connectivity index (χ4v) is 1.55. The van der Waals surface area contributed by atoms with Gasteiger partial charge in [-0.05, 0) is 38.6 Å². The van der Waals surface area contributed by atoms with Gasteiger partial charge in [-0.3, -0.25) is 0 Å². The molecule has 0 aromatic rings. The van der Waals surface area contributed by atoms with Gasteiger partial charge in [-0.2, -0.15) is 0 Å². The molecule has 1 N–H and O–H groups in total. The van der Waals surface area contributed by atoms with Crippen molar-refractivity contribution in [2.75, 3.05) is 7.05 Å². The standard InChI is InChI=1S/C8H17N.C3H8/c1-7-3-5-8(9-2)6-4-7;1-3-2/h7-9H,3-6H2,1-2H3;3H2,1-2H3. The third kappa shape index (κ3) is 5.59. The lowest BCUT2D eigenvalue weighted by Crippen LogP contribution is -2.29. The highest BCUT2D eigenvalue weighted by molar-refractivity contribution is 4.73. The maximum Gasteiger partial charge on any atom is 0.00642 e. The number of hydrogen-bond acceptors (Lipinski definition) is 1. The molecular formula is C11H25N.